The van der Waals surface area contributed by atoms with E-state index >= 15 is 0 Å². The number of hydrogen-bond acceptors (Lipinski definition) is 3. The van der Waals surface area contributed by atoms with Crippen LogP contribution in [0.5, 0.6) is 0 Å². The molecule has 4 heteroatoms. The molecule has 0 spiro atoms. The second-order valence-corrected chi connectivity index (χ2v) is 2.85. The quantitative estimate of drug-likeness (QED) is 0.512. The monoisotopic (exact) mass is 196 g/mol. The highest BCUT2D eigenvalue weighted by Crippen LogP contribution is 1.99. The van der Waals surface area contributed by atoms with E-state index in [0.29, 0.717) is 6.54 Å². The molecule has 0 aromatic heterocycles. The van der Waals surface area contributed by atoms with Crippen LogP contribution in [-0.4, -0.2) is 42.3 Å². The lowest BCUT2D eigenvalue weighted by Gasteiger charge is -2.13. The van der Waals surface area contributed by atoms with Gasteiger partial charge in [-0.05, 0) is 20.0 Å². The van der Waals surface area contributed by atoms with E-state index < -0.39 is 5.97 Å². The average Bonchev–Trinajstić information content (AvgIpc) is 2.03. The molecule has 14 heavy (non-hydrogen) atoms. The van der Waals surface area contributed by atoms with E-state index in [1.54, 1.807) is 30.3 Å². The molecule has 0 aliphatic heterocycles. The molecule has 0 aromatic carbocycles. The van der Waals surface area contributed by atoms with Gasteiger partial charge >= 0.3 is 5.97 Å². The summed E-state index contributed by atoms with van der Waals surface area (Å²) in [6.45, 7) is 5.89. The predicted octanol–water partition coefficient (Wildman–Crippen LogP) is 1.16. The molecule has 0 aliphatic carbocycles. The Labute approximate surface area is 84.3 Å². The van der Waals surface area contributed by atoms with Crippen LogP contribution in [-0.2, 0) is 4.79 Å². The van der Waals surface area contributed by atoms with Crippen molar-refractivity contribution < 1.29 is 9.90 Å². The van der Waals surface area contributed by atoms with Crippen LogP contribution < -0.4 is 0 Å². The third-order valence-corrected chi connectivity index (χ3v) is 1.44. The van der Waals surface area contributed by atoms with Gasteiger partial charge in [-0.15, -0.1) is 0 Å². The molecule has 0 saturated carbocycles. The number of hydrogen-bond donors (Lipinski definition) is 1. The number of nitrogens with zero attached hydrogens (tertiary/aromatic N) is 2. The van der Waals surface area contributed by atoms with Crippen molar-refractivity contribution in [1.82, 2.24) is 4.90 Å². The van der Waals surface area contributed by atoms with Crippen molar-refractivity contribution in [2.75, 3.05) is 20.1 Å². The van der Waals surface area contributed by atoms with E-state index in [-0.39, 0.29) is 6.54 Å². The number of carboxylic acids is 1. The maximum Gasteiger partial charge on any atom is 0.317 e. The van der Waals surface area contributed by atoms with Crippen molar-refractivity contribution in [2.45, 2.75) is 6.92 Å². The first-order valence-electron chi connectivity index (χ1n) is 4.30. The van der Waals surface area contributed by atoms with Gasteiger partial charge in [-0.1, -0.05) is 12.7 Å². The van der Waals surface area contributed by atoms with Crippen LogP contribution in [0.1, 0.15) is 6.92 Å². The standard InChI is InChI=1S/C10H16N2O2/c1-4-6-9(11-5-2)7-12(3)8-10(13)14/h4-6H,1,7-8H2,2-3H3,(H,13,14)/b9-6-,11-5-. The van der Waals surface area contributed by atoms with Crippen molar-refractivity contribution in [2.24, 2.45) is 4.99 Å². The smallest absolute Gasteiger partial charge is 0.317 e. The lowest BCUT2D eigenvalue weighted by atomic mass is 10.3. The van der Waals surface area contributed by atoms with Crippen molar-refractivity contribution in [1.29, 1.82) is 0 Å². The van der Waals surface area contributed by atoms with E-state index in [0.717, 1.165) is 5.70 Å². The van der Waals surface area contributed by atoms with Gasteiger partial charge in [0.1, 0.15) is 0 Å². The summed E-state index contributed by atoms with van der Waals surface area (Å²) in [6, 6.07) is 0. The van der Waals surface area contributed by atoms with Gasteiger partial charge in [0.2, 0.25) is 0 Å². The minimum Gasteiger partial charge on any atom is -0.480 e. The fraction of sp³-hybridized carbons (Fsp3) is 0.400. The number of carboxylic acid groups (broad SMARTS) is 1. The lowest BCUT2D eigenvalue weighted by Crippen LogP contribution is -2.27. The zero-order valence-corrected chi connectivity index (χ0v) is 8.60. The molecule has 0 radical (unpaired) electrons. The van der Waals surface area contributed by atoms with Gasteiger partial charge in [-0.2, -0.15) is 0 Å². The second kappa shape index (κ2) is 7.03. The summed E-state index contributed by atoms with van der Waals surface area (Å²) < 4.78 is 0. The molecule has 0 saturated heterocycles. The molecule has 0 aromatic rings. The van der Waals surface area contributed by atoms with Gasteiger partial charge in [-0.3, -0.25) is 14.7 Å². The summed E-state index contributed by atoms with van der Waals surface area (Å²) >= 11 is 0. The summed E-state index contributed by atoms with van der Waals surface area (Å²) in [5.74, 6) is -0.842. The summed E-state index contributed by atoms with van der Waals surface area (Å²) in [4.78, 5) is 16.1. The van der Waals surface area contributed by atoms with Crippen LogP contribution in [0.15, 0.2) is 29.4 Å². The Morgan fingerprint density at radius 3 is 2.64 bits per heavy atom. The first-order valence-corrected chi connectivity index (χ1v) is 4.30. The molecule has 1 N–H and O–H groups in total. The van der Waals surface area contributed by atoms with E-state index in [1.807, 2.05) is 6.92 Å². The largest absolute Gasteiger partial charge is 0.480 e. The fourth-order valence-electron chi connectivity index (χ4n) is 1.00. The van der Waals surface area contributed by atoms with Gasteiger partial charge in [0.25, 0.3) is 0 Å². The predicted molar refractivity (Wildman–Crippen MR) is 57.6 cm³/mol. The van der Waals surface area contributed by atoms with Gasteiger partial charge in [0.15, 0.2) is 0 Å². The van der Waals surface area contributed by atoms with Gasteiger partial charge in [-0.25, -0.2) is 0 Å². The van der Waals surface area contributed by atoms with Crippen molar-refractivity contribution in [3.05, 3.63) is 24.4 Å². The van der Waals surface area contributed by atoms with Crippen molar-refractivity contribution in [3.63, 3.8) is 0 Å². The molecule has 0 fully saturated rings. The highest BCUT2D eigenvalue weighted by molar-refractivity contribution is 5.69. The average molecular weight is 196 g/mol. The highest BCUT2D eigenvalue weighted by Gasteiger charge is 2.05. The molecule has 0 bridgehead atoms. The van der Waals surface area contributed by atoms with Gasteiger partial charge in [0.05, 0.1) is 12.2 Å². The van der Waals surface area contributed by atoms with Crippen LogP contribution in [0.3, 0.4) is 0 Å². The first-order chi connectivity index (χ1) is 6.60. The van der Waals surface area contributed by atoms with Crippen LogP contribution in [0.2, 0.25) is 0 Å². The number of aliphatic carboxylic acids is 1. The summed E-state index contributed by atoms with van der Waals surface area (Å²) in [6.07, 6.45) is 5.07. The minimum atomic E-state index is -0.842. The van der Waals surface area contributed by atoms with E-state index in [2.05, 4.69) is 11.6 Å². The Morgan fingerprint density at radius 2 is 2.21 bits per heavy atom. The SMILES string of the molecule is C=C/C=C(CN(C)CC(=O)O)\N=C/C. The number of carbonyl (C=O) groups is 1. The van der Waals surface area contributed by atoms with Crippen LogP contribution in [0.4, 0.5) is 0 Å². The Balaban J connectivity index is 4.22. The zero-order chi connectivity index (χ0) is 11.0. The maximum atomic E-state index is 10.4. The Bertz CT molecular complexity index is 257. The Morgan fingerprint density at radius 1 is 1.57 bits per heavy atom. The number of likely N-dealkylation sites (N-methyl/N-ethyl adjacent to an activating group) is 1. The maximum absolute atomic E-state index is 10.4. The number of allylic oxidation sites excluding steroid dienone is 2. The minimum absolute atomic E-state index is 0.00766. The van der Waals surface area contributed by atoms with Crippen LogP contribution in [0, 0.1) is 0 Å². The third kappa shape index (κ3) is 6.14. The van der Waals surface area contributed by atoms with Crippen LogP contribution >= 0.6 is 0 Å². The number of aliphatic imine (C=N–C) groups is 1. The Kier molecular flexibility index (Phi) is 6.32. The second-order valence-electron chi connectivity index (χ2n) is 2.85. The lowest BCUT2D eigenvalue weighted by molar-refractivity contribution is -0.137. The molecule has 0 heterocycles. The van der Waals surface area contributed by atoms with Crippen molar-refractivity contribution in [3.8, 4) is 0 Å². The molecule has 0 unspecified atom stereocenters. The van der Waals surface area contributed by atoms with Crippen LogP contribution in [0.25, 0.3) is 0 Å². The molecule has 0 aliphatic rings. The first kappa shape index (κ1) is 12.6. The van der Waals surface area contributed by atoms with Gasteiger partial charge in [0, 0.05) is 12.8 Å². The van der Waals surface area contributed by atoms with Gasteiger partial charge < -0.3 is 5.11 Å². The normalized spacial score (nSPS) is 12.4. The van der Waals surface area contributed by atoms with Crippen molar-refractivity contribution >= 4 is 12.2 Å². The molecule has 0 atom stereocenters. The van der Waals surface area contributed by atoms with E-state index in [4.69, 9.17) is 5.11 Å². The molecular formula is C10H16N2O2. The topological polar surface area (TPSA) is 52.9 Å². The summed E-state index contributed by atoms with van der Waals surface area (Å²) in [7, 11) is 1.73. The fourth-order valence-corrected chi connectivity index (χ4v) is 1.00. The summed E-state index contributed by atoms with van der Waals surface area (Å²) in [5.41, 5.74) is 0.797. The molecule has 78 valence electrons. The zero-order valence-electron chi connectivity index (χ0n) is 8.60. The van der Waals surface area contributed by atoms with E-state index in [1.165, 1.54) is 0 Å². The Hall–Kier alpha value is -1.42. The van der Waals surface area contributed by atoms with E-state index in [9.17, 15) is 4.79 Å². The molecular weight excluding hydrogens is 180 g/mol. The number of rotatable bonds is 6. The molecule has 0 rings (SSSR count). The summed E-state index contributed by atoms with van der Waals surface area (Å²) in [5, 5.41) is 8.54. The molecule has 0 amide bonds. The molecule has 4 nitrogen and oxygen atoms in total. The third-order valence-electron chi connectivity index (χ3n) is 1.44. The highest BCUT2D eigenvalue weighted by atomic mass is 16.4.